The highest BCUT2D eigenvalue weighted by Crippen LogP contribution is 2.18. The number of hydrogen-bond donors (Lipinski definition) is 1. The van der Waals surface area contributed by atoms with Crippen molar-refractivity contribution in [3.8, 4) is 0 Å². The lowest BCUT2D eigenvalue weighted by Crippen LogP contribution is -2.38. The molecule has 1 fully saturated rings. The van der Waals surface area contributed by atoms with E-state index in [1.807, 2.05) is 30.3 Å². The Bertz CT molecular complexity index is 957. The third-order valence-electron chi connectivity index (χ3n) is 4.59. The van der Waals surface area contributed by atoms with E-state index < -0.39 is 18.5 Å². The van der Waals surface area contributed by atoms with Crippen LogP contribution in [0.15, 0.2) is 30.3 Å². The number of nitrogens with one attached hydrogen (secondary N) is 1. The highest BCUT2D eigenvalue weighted by atomic mass is 32.2. The number of imide groups is 1. The van der Waals surface area contributed by atoms with Crippen LogP contribution in [0.4, 0.5) is 4.79 Å². The van der Waals surface area contributed by atoms with Gasteiger partial charge in [0.1, 0.15) is 5.56 Å². The summed E-state index contributed by atoms with van der Waals surface area (Å²) in [5, 5.41) is 6.62. The van der Waals surface area contributed by atoms with Gasteiger partial charge in [-0.2, -0.15) is 5.10 Å². The van der Waals surface area contributed by atoms with Crippen molar-refractivity contribution < 1.29 is 23.9 Å². The number of benzene rings is 1. The fourth-order valence-corrected chi connectivity index (χ4v) is 3.81. The monoisotopic (exact) mass is 430 g/mol. The van der Waals surface area contributed by atoms with Gasteiger partial charge >= 0.3 is 5.97 Å². The Morgan fingerprint density at radius 3 is 2.60 bits per heavy atom. The van der Waals surface area contributed by atoms with Crippen LogP contribution in [0, 0.1) is 13.8 Å². The predicted molar refractivity (Wildman–Crippen MR) is 110 cm³/mol. The maximum Gasteiger partial charge on any atom is 0.342 e. The number of carbonyl (C=O) groups is 4. The number of nitrogens with zero attached hydrogens (tertiary/aromatic N) is 3. The molecule has 0 atom stereocenters. The third-order valence-corrected chi connectivity index (χ3v) is 5.45. The number of thioether (sulfide) groups is 1. The SMILES string of the molecule is Cc1nn(Cc2ccccc2)c(C)c1C(=O)OCC(=O)NCCN1C(=O)CSC1=O. The molecule has 3 amide bonds. The summed E-state index contributed by atoms with van der Waals surface area (Å²) in [4.78, 5) is 48.5. The van der Waals surface area contributed by atoms with Crippen LogP contribution in [0.2, 0.25) is 0 Å². The number of aryl methyl sites for hydroxylation is 1. The van der Waals surface area contributed by atoms with E-state index >= 15 is 0 Å². The van der Waals surface area contributed by atoms with Crippen molar-refractivity contribution in [3.63, 3.8) is 0 Å². The van der Waals surface area contributed by atoms with Gasteiger partial charge in [-0.1, -0.05) is 42.1 Å². The Labute approximate surface area is 177 Å². The van der Waals surface area contributed by atoms with Crippen molar-refractivity contribution in [1.29, 1.82) is 0 Å². The normalized spacial score (nSPS) is 13.6. The predicted octanol–water partition coefficient (Wildman–Crippen LogP) is 1.52. The van der Waals surface area contributed by atoms with Crippen LogP contribution in [0.3, 0.4) is 0 Å². The van der Waals surface area contributed by atoms with Gasteiger partial charge in [-0.3, -0.25) is 24.0 Å². The first-order chi connectivity index (χ1) is 14.4. The van der Waals surface area contributed by atoms with Crippen LogP contribution in [-0.4, -0.2) is 63.2 Å². The van der Waals surface area contributed by atoms with Crippen molar-refractivity contribution in [1.82, 2.24) is 20.0 Å². The van der Waals surface area contributed by atoms with Crippen molar-refractivity contribution in [3.05, 3.63) is 52.8 Å². The van der Waals surface area contributed by atoms with E-state index in [4.69, 9.17) is 4.74 Å². The van der Waals surface area contributed by atoms with Gasteiger partial charge in [0.25, 0.3) is 11.1 Å². The lowest BCUT2D eigenvalue weighted by atomic mass is 10.2. The van der Waals surface area contributed by atoms with Crippen molar-refractivity contribution >= 4 is 34.8 Å². The minimum absolute atomic E-state index is 0.0921. The molecule has 0 spiro atoms. The van der Waals surface area contributed by atoms with Crippen LogP contribution in [0.1, 0.15) is 27.3 Å². The Morgan fingerprint density at radius 2 is 1.93 bits per heavy atom. The van der Waals surface area contributed by atoms with Crippen LogP contribution in [0.5, 0.6) is 0 Å². The number of amides is 3. The standard InChI is InChI=1S/C20H22N4O5S/c1-13-18(14(2)24(22-13)10-15-6-4-3-5-7-15)19(27)29-11-16(25)21-8-9-23-17(26)12-30-20(23)28/h3-7H,8-12H2,1-2H3,(H,21,25). The van der Waals surface area contributed by atoms with Gasteiger partial charge in [-0.05, 0) is 19.4 Å². The molecule has 3 rings (SSSR count). The Kier molecular flexibility index (Phi) is 6.88. The van der Waals surface area contributed by atoms with Gasteiger partial charge in [-0.25, -0.2) is 4.79 Å². The molecule has 9 nitrogen and oxygen atoms in total. The number of hydrogen-bond acceptors (Lipinski definition) is 7. The number of aromatic nitrogens is 2. The maximum absolute atomic E-state index is 12.5. The molecular formula is C20H22N4O5S. The van der Waals surface area contributed by atoms with Gasteiger partial charge in [0.15, 0.2) is 6.61 Å². The van der Waals surface area contributed by atoms with Crippen LogP contribution in [0.25, 0.3) is 0 Å². The van der Waals surface area contributed by atoms with E-state index in [0.29, 0.717) is 23.5 Å². The largest absolute Gasteiger partial charge is 0.452 e. The van der Waals surface area contributed by atoms with Gasteiger partial charge in [0.05, 0.1) is 23.7 Å². The van der Waals surface area contributed by atoms with Gasteiger partial charge in [-0.15, -0.1) is 0 Å². The second-order valence-corrected chi connectivity index (χ2v) is 7.64. The van der Waals surface area contributed by atoms with E-state index in [9.17, 15) is 19.2 Å². The van der Waals surface area contributed by atoms with Crippen molar-refractivity contribution in [2.75, 3.05) is 25.4 Å². The molecule has 0 radical (unpaired) electrons. The van der Waals surface area contributed by atoms with Gasteiger partial charge in [0.2, 0.25) is 5.91 Å². The summed E-state index contributed by atoms with van der Waals surface area (Å²) in [5.41, 5.74) is 2.57. The van der Waals surface area contributed by atoms with E-state index in [2.05, 4.69) is 10.4 Å². The zero-order chi connectivity index (χ0) is 21.7. The second kappa shape index (κ2) is 9.57. The van der Waals surface area contributed by atoms with Crippen molar-refractivity contribution in [2.45, 2.75) is 20.4 Å². The molecule has 1 aliphatic rings. The summed E-state index contributed by atoms with van der Waals surface area (Å²) < 4.78 is 6.85. The van der Waals surface area contributed by atoms with Crippen LogP contribution >= 0.6 is 11.8 Å². The summed E-state index contributed by atoms with van der Waals surface area (Å²) in [7, 11) is 0. The molecule has 1 aromatic heterocycles. The number of esters is 1. The van der Waals surface area contributed by atoms with E-state index in [1.165, 1.54) is 0 Å². The topological polar surface area (TPSA) is 111 Å². The lowest BCUT2D eigenvalue weighted by molar-refractivity contribution is -0.126. The average molecular weight is 430 g/mol. The molecule has 1 N–H and O–H groups in total. The van der Waals surface area contributed by atoms with Gasteiger partial charge in [0, 0.05) is 13.1 Å². The molecule has 0 aliphatic carbocycles. The molecule has 0 bridgehead atoms. The molecule has 2 aromatic rings. The smallest absolute Gasteiger partial charge is 0.342 e. The van der Waals surface area contributed by atoms with Crippen LogP contribution in [-0.2, 0) is 20.9 Å². The zero-order valence-electron chi connectivity index (χ0n) is 16.7. The first-order valence-corrected chi connectivity index (χ1v) is 10.3. The Hall–Kier alpha value is -3.14. The van der Waals surface area contributed by atoms with E-state index in [-0.39, 0.29) is 30.0 Å². The highest BCUT2D eigenvalue weighted by molar-refractivity contribution is 8.14. The summed E-state index contributed by atoms with van der Waals surface area (Å²) in [5.74, 6) is -1.28. The number of rotatable bonds is 8. The lowest BCUT2D eigenvalue weighted by Gasteiger charge is -2.13. The van der Waals surface area contributed by atoms with Gasteiger partial charge < -0.3 is 10.1 Å². The quantitative estimate of drug-likeness (QED) is 0.632. The first kappa shape index (κ1) is 21.6. The Balaban J connectivity index is 1.50. The minimum atomic E-state index is -0.624. The maximum atomic E-state index is 12.5. The molecule has 158 valence electrons. The molecule has 0 unspecified atom stereocenters. The molecular weight excluding hydrogens is 408 g/mol. The van der Waals surface area contributed by atoms with E-state index in [0.717, 1.165) is 22.2 Å². The second-order valence-electron chi connectivity index (χ2n) is 6.72. The number of carbonyl (C=O) groups excluding carboxylic acids is 4. The molecule has 2 heterocycles. The average Bonchev–Trinajstić information content (AvgIpc) is 3.19. The summed E-state index contributed by atoms with van der Waals surface area (Å²) >= 11 is 0.937. The number of ether oxygens (including phenoxy) is 1. The molecule has 1 saturated heterocycles. The Morgan fingerprint density at radius 1 is 1.20 bits per heavy atom. The summed E-state index contributed by atoms with van der Waals surface area (Å²) in [6, 6.07) is 9.74. The highest BCUT2D eigenvalue weighted by Gasteiger charge is 2.29. The van der Waals surface area contributed by atoms with Crippen molar-refractivity contribution in [2.24, 2.45) is 0 Å². The molecule has 30 heavy (non-hydrogen) atoms. The third kappa shape index (κ3) is 5.07. The minimum Gasteiger partial charge on any atom is -0.452 e. The molecule has 1 aromatic carbocycles. The summed E-state index contributed by atoms with van der Waals surface area (Å²) in [6.45, 7) is 3.75. The fourth-order valence-electron chi connectivity index (χ4n) is 3.06. The zero-order valence-corrected chi connectivity index (χ0v) is 17.5. The first-order valence-electron chi connectivity index (χ1n) is 9.35. The van der Waals surface area contributed by atoms with Crippen LogP contribution < -0.4 is 5.32 Å². The fraction of sp³-hybridized carbons (Fsp3) is 0.350. The molecule has 1 aliphatic heterocycles. The summed E-state index contributed by atoms with van der Waals surface area (Å²) in [6.07, 6.45) is 0. The molecule has 10 heteroatoms. The van der Waals surface area contributed by atoms with E-state index in [1.54, 1.807) is 18.5 Å². The molecule has 0 saturated carbocycles.